The third kappa shape index (κ3) is 5.80. The highest BCUT2D eigenvalue weighted by molar-refractivity contribution is 5.97. The molecular formula is C21H24F2N2O4. The van der Waals surface area contributed by atoms with Gasteiger partial charge >= 0.3 is 6.61 Å². The van der Waals surface area contributed by atoms with Gasteiger partial charge in [-0.3, -0.25) is 14.8 Å². The number of hydrogen-bond acceptors (Lipinski definition) is 5. The first-order valence-corrected chi connectivity index (χ1v) is 9.14. The Morgan fingerprint density at radius 2 is 1.90 bits per heavy atom. The van der Waals surface area contributed by atoms with E-state index in [0.29, 0.717) is 16.3 Å². The summed E-state index contributed by atoms with van der Waals surface area (Å²) < 4.78 is 30.1. The second kappa shape index (κ2) is 9.56. The minimum Gasteiger partial charge on any atom is -0.417 e. The number of ketones is 1. The summed E-state index contributed by atoms with van der Waals surface area (Å²) in [5, 5.41) is 10.6. The van der Waals surface area contributed by atoms with Gasteiger partial charge in [-0.05, 0) is 36.6 Å². The maximum Gasteiger partial charge on any atom is 0.388 e. The summed E-state index contributed by atoms with van der Waals surface area (Å²) in [6, 6.07) is 8.72. The monoisotopic (exact) mass is 406 g/mol. The van der Waals surface area contributed by atoms with Crippen LogP contribution in [0.15, 0.2) is 36.4 Å². The summed E-state index contributed by atoms with van der Waals surface area (Å²) in [5.74, 6) is -1.34. The number of amides is 1. The number of aromatic nitrogens is 1. The molecule has 0 radical (unpaired) electrons. The Morgan fingerprint density at radius 1 is 1.21 bits per heavy atom. The van der Waals surface area contributed by atoms with E-state index in [-0.39, 0.29) is 23.7 Å². The van der Waals surface area contributed by atoms with Gasteiger partial charge in [0.05, 0.1) is 6.04 Å². The van der Waals surface area contributed by atoms with E-state index in [1.54, 1.807) is 25.1 Å². The van der Waals surface area contributed by atoms with Gasteiger partial charge in [0.2, 0.25) is 11.8 Å². The van der Waals surface area contributed by atoms with E-state index in [2.05, 4.69) is 9.72 Å². The summed E-state index contributed by atoms with van der Waals surface area (Å²) in [7, 11) is 0. The molecule has 0 saturated heterocycles. The van der Waals surface area contributed by atoms with Crippen LogP contribution in [0.5, 0.6) is 5.88 Å². The van der Waals surface area contributed by atoms with Crippen molar-refractivity contribution in [3.63, 3.8) is 0 Å². The Labute approximate surface area is 168 Å². The fourth-order valence-electron chi connectivity index (χ4n) is 2.89. The van der Waals surface area contributed by atoms with Gasteiger partial charge in [0.25, 0.3) is 0 Å². The first-order chi connectivity index (χ1) is 13.6. The van der Waals surface area contributed by atoms with Crippen molar-refractivity contribution in [1.29, 1.82) is 0 Å². The Bertz CT molecular complexity index is 887. The molecule has 156 valence electrons. The molecule has 2 aromatic rings. The van der Waals surface area contributed by atoms with Crippen LogP contribution in [0.3, 0.4) is 0 Å². The molecule has 29 heavy (non-hydrogen) atoms. The maximum atomic E-state index is 12.9. The maximum absolute atomic E-state index is 12.9. The normalized spacial score (nSPS) is 12.2. The lowest BCUT2D eigenvalue weighted by Crippen LogP contribution is -2.32. The molecule has 2 rings (SSSR count). The summed E-state index contributed by atoms with van der Waals surface area (Å²) >= 11 is 0. The number of aryl methyl sites for hydroxylation is 1. The van der Waals surface area contributed by atoms with Crippen LogP contribution in [0, 0.1) is 6.92 Å². The number of carbonyl (C=O) groups excluding carboxylic acids is 2. The number of alkyl halides is 2. The molecule has 1 aromatic carbocycles. The topological polar surface area (TPSA) is 79.7 Å². The predicted molar refractivity (Wildman–Crippen MR) is 102 cm³/mol. The molecule has 0 aliphatic heterocycles. The number of halogens is 2. The molecule has 1 heterocycles. The summed E-state index contributed by atoms with van der Waals surface area (Å²) in [5.41, 5.74) is 1.78. The number of pyridine rings is 1. The average molecular weight is 406 g/mol. The first-order valence-electron chi connectivity index (χ1n) is 9.14. The lowest BCUT2D eigenvalue weighted by atomic mass is 9.94. The van der Waals surface area contributed by atoms with Gasteiger partial charge in [-0.25, -0.2) is 10.0 Å². The number of benzene rings is 1. The molecule has 0 bridgehead atoms. The molecule has 0 saturated carbocycles. The van der Waals surface area contributed by atoms with Crippen LogP contribution in [-0.2, 0) is 4.79 Å². The van der Waals surface area contributed by atoms with Crippen molar-refractivity contribution in [2.45, 2.75) is 52.7 Å². The Morgan fingerprint density at radius 3 is 2.48 bits per heavy atom. The minimum absolute atomic E-state index is 0.0157. The number of hydrogen-bond donors (Lipinski definition) is 1. The molecule has 1 N–H and O–H groups in total. The van der Waals surface area contributed by atoms with Crippen LogP contribution in [0.2, 0.25) is 0 Å². The van der Waals surface area contributed by atoms with Crippen molar-refractivity contribution in [3.8, 4) is 5.88 Å². The van der Waals surface area contributed by atoms with Crippen molar-refractivity contribution >= 4 is 11.7 Å². The van der Waals surface area contributed by atoms with E-state index in [1.165, 1.54) is 12.1 Å². The highest BCUT2D eigenvalue weighted by Crippen LogP contribution is 2.32. The molecule has 0 aliphatic carbocycles. The minimum atomic E-state index is -3.15. The van der Waals surface area contributed by atoms with Crippen molar-refractivity contribution < 1.29 is 28.3 Å². The highest BCUT2D eigenvalue weighted by Gasteiger charge is 2.29. The smallest absolute Gasteiger partial charge is 0.388 e. The molecule has 0 spiro atoms. The second-order valence-electron chi connectivity index (χ2n) is 7.01. The SMILES string of the molecule is CC(=O)N(O)C(CC(=O)c1cccc(C(C)C)c1)c1ccc(C)nc1OC(F)F. The lowest BCUT2D eigenvalue weighted by Gasteiger charge is -2.26. The van der Waals surface area contributed by atoms with Crippen LogP contribution < -0.4 is 4.74 Å². The Kier molecular flexibility index (Phi) is 7.39. The number of nitrogens with zero attached hydrogens (tertiary/aromatic N) is 2. The lowest BCUT2D eigenvalue weighted by molar-refractivity contribution is -0.174. The molecule has 0 fully saturated rings. The molecule has 1 unspecified atom stereocenters. The van der Waals surface area contributed by atoms with E-state index < -0.39 is 24.4 Å². The number of Topliss-reactive ketones (excluding diaryl/α,β-unsaturated/α-hetero) is 1. The van der Waals surface area contributed by atoms with Crippen LogP contribution in [0.1, 0.15) is 66.3 Å². The number of ether oxygens (including phenoxy) is 1. The van der Waals surface area contributed by atoms with Gasteiger partial charge in [0.1, 0.15) is 0 Å². The van der Waals surface area contributed by atoms with Crippen LogP contribution >= 0.6 is 0 Å². The molecule has 1 atom stereocenters. The predicted octanol–water partition coefficient (Wildman–Crippen LogP) is 4.67. The van der Waals surface area contributed by atoms with Crippen molar-refractivity contribution in [2.24, 2.45) is 0 Å². The third-order valence-electron chi connectivity index (χ3n) is 4.46. The molecular weight excluding hydrogens is 382 g/mol. The van der Waals surface area contributed by atoms with Gasteiger partial charge in [-0.1, -0.05) is 32.0 Å². The summed E-state index contributed by atoms with van der Waals surface area (Å²) in [4.78, 5) is 28.6. The van der Waals surface area contributed by atoms with E-state index in [0.717, 1.165) is 12.5 Å². The zero-order chi connectivity index (χ0) is 21.7. The Hall–Kier alpha value is -2.87. The van der Waals surface area contributed by atoms with E-state index in [9.17, 15) is 23.6 Å². The standard InChI is InChI=1S/C21H24F2N2O4/c1-12(2)15-6-5-7-16(10-15)19(27)11-18(25(28)14(4)26)17-9-8-13(3)24-20(17)29-21(22)23/h5-10,12,18,21,28H,11H2,1-4H3. The molecule has 1 aromatic heterocycles. The molecule has 1 amide bonds. The molecule has 0 aliphatic rings. The zero-order valence-corrected chi connectivity index (χ0v) is 16.7. The van der Waals surface area contributed by atoms with E-state index in [1.807, 2.05) is 19.9 Å². The Balaban J connectivity index is 2.43. The van der Waals surface area contributed by atoms with Crippen LogP contribution in [0.4, 0.5) is 8.78 Å². The van der Waals surface area contributed by atoms with Gasteiger partial charge in [0.15, 0.2) is 5.78 Å². The van der Waals surface area contributed by atoms with Gasteiger partial charge in [-0.15, -0.1) is 0 Å². The van der Waals surface area contributed by atoms with Crippen LogP contribution in [-0.4, -0.2) is 33.6 Å². The average Bonchev–Trinajstić information content (AvgIpc) is 2.65. The van der Waals surface area contributed by atoms with Gasteiger partial charge in [-0.2, -0.15) is 8.78 Å². The second-order valence-corrected chi connectivity index (χ2v) is 7.01. The highest BCUT2D eigenvalue weighted by atomic mass is 19.3. The summed E-state index contributed by atoms with van der Waals surface area (Å²) in [6.07, 6.45) is -0.331. The van der Waals surface area contributed by atoms with Gasteiger partial charge in [0, 0.05) is 30.2 Å². The van der Waals surface area contributed by atoms with E-state index >= 15 is 0 Å². The number of carbonyl (C=O) groups is 2. The van der Waals surface area contributed by atoms with Crippen molar-refractivity contribution in [1.82, 2.24) is 10.0 Å². The van der Waals surface area contributed by atoms with Gasteiger partial charge < -0.3 is 4.74 Å². The first kappa shape index (κ1) is 22.4. The number of hydroxylamine groups is 2. The quantitative estimate of drug-likeness (QED) is 0.392. The van der Waals surface area contributed by atoms with E-state index in [4.69, 9.17) is 0 Å². The summed E-state index contributed by atoms with van der Waals surface area (Å²) in [6.45, 7) is 3.52. The fourth-order valence-corrected chi connectivity index (χ4v) is 2.89. The largest absolute Gasteiger partial charge is 0.417 e. The van der Waals surface area contributed by atoms with Crippen molar-refractivity contribution in [3.05, 3.63) is 58.8 Å². The zero-order valence-electron chi connectivity index (χ0n) is 16.7. The van der Waals surface area contributed by atoms with Crippen LogP contribution in [0.25, 0.3) is 0 Å². The molecule has 6 nitrogen and oxygen atoms in total. The molecule has 8 heteroatoms. The van der Waals surface area contributed by atoms with Crippen molar-refractivity contribution in [2.75, 3.05) is 0 Å². The fraction of sp³-hybridized carbons (Fsp3) is 0.381. The number of rotatable bonds is 8. The third-order valence-corrected chi connectivity index (χ3v) is 4.46.